The minimum absolute atomic E-state index is 0.131. The molecule has 1 aromatic heterocycles. The van der Waals surface area contributed by atoms with Crippen molar-refractivity contribution in [2.45, 2.75) is 32.2 Å². The highest BCUT2D eigenvalue weighted by Crippen LogP contribution is 2.16. The molecule has 1 atom stereocenters. The summed E-state index contributed by atoms with van der Waals surface area (Å²) in [5, 5.41) is 4.28. The quantitative estimate of drug-likeness (QED) is 0.783. The number of halogens is 1. The van der Waals surface area contributed by atoms with Crippen LogP contribution < -0.4 is 5.73 Å². The first-order valence-electron chi connectivity index (χ1n) is 5.05. The number of nitrogens with two attached hydrogens (primary N) is 1. The third kappa shape index (κ3) is 2.79. The van der Waals surface area contributed by atoms with Crippen LogP contribution in [0.4, 0.5) is 0 Å². The lowest BCUT2D eigenvalue weighted by Gasteiger charge is -2.10. The second kappa shape index (κ2) is 5.28. The molecule has 0 fully saturated rings. The van der Waals surface area contributed by atoms with E-state index in [2.05, 4.69) is 12.0 Å². The molecule has 1 heterocycles. The molecule has 4 nitrogen and oxygen atoms in total. The van der Waals surface area contributed by atoms with Gasteiger partial charge in [-0.05, 0) is 6.42 Å². The molecule has 0 aromatic carbocycles. The van der Waals surface area contributed by atoms with Gasteiger partial charge in [0.15, 0.2) is 5.78 Å². The van der Waals surface area contributed by atoms with Crippen molar-refractivity contribution in [2.75, 3.05) is 0 Å². The van der Waals surface area contributed by atoms with E-state index < -0.39 is 6.04 Å². The molecule has 0 radical (unpaired) electrons. The van der Waals surface area contributed by atoms with Crippen LogP contribution in [-0.2, 0) is 7.05 Å². The van der Waals surface area contributed by atoms with Gasteiger partial charge in [0.25, 0.3) is 0 Å². The van der Waals surface area contributed by atoms with E-state index in [4.69, 9.17) is 17.3 Å². The summed E-state index contributed by atoms with van der Waals surface area (Å²) in [6, 6.07) is -0.474. The zero-order valence-electron chi connectivity index (χ0n) is 9.03. The molecule has 84 valence electrons. The van der Waals surface area contributed by atoms with Gasteiger partial charge in [-0.1, -0.05) is 31.4 Å². The predicted octanol–water partition coefficient (Wildman–Crippen LogP) is 1.77. The summed E-state index contributed by atoms with van der Waals surface area (Å²) in [5.74, 6) is -0.131. The predicted molar refractivity (Wildman–Crippen MR) is 60.0 cm³/mol. The Morgan fingerprint density at radius 1 is 1.73 bits per heavy atom. The molecule has 0 spiro atoms. The first kappa shape index (κ1) is 12.2. The summed E-state index contributed by atoms with van der Waals surface area (Å²) < 4.78 is 1.47. The Balaban J connectivity index is 2.76. The summed E-state index contributed by atoms with van der Waals surface area (Å²) >= 11 is 5.86. The van der Waals surface area contributed by atoms with Crippen molar-refractivity contribution in [2.24, 2.45) is 12.8 Å². The van der Waals surface area contributed by atoms with Gasteiger partial charge in [-0.3, -0.25) is 9.48 Å². The maximum atomic E-state index is 11.9. The van der Waals surface area contributed by atoms with Crippen molar-refractivity contribution in [1.29, 1.82) is 0 Å². The molecule has 1 aromatic rings. The van der Waals surface area contributed by atoms with Crippen LogP contribution in [0, 0.1) is 0 Å². The van der Waals surface area contributed by atoms with E-state index in [0.717, 1.165) is 12.8 Å². The number of aryl methyl sites for hydroxylation is 1. The Morgan fingerprint density at radius 3 is 2.87 bits per heavy atom. The fourth-order valence-corrected chi connectivity index (χ4v) is 1.68. The van der Waals surface area contributed by atoms with Crippen molar-refractivity contribution in [1.82, 2.24) is 9.78 Å². The standard InChI is InChI=1S/C10H16ClN3O/c1-3-4-5-8(12)10(15)9-7(11)6-13-14(9)2/h6,8H,3-5,12H2,1-2H3. The Labute approximate surface area is 94.4 Å². The van der Waals surface area contributed by atoms with Gasteiger partial charge in [-0.25, -0.2) is 0 Å². The number of rotatable bonds is 5. The zero-order chi connectivity index (χ0) is 11.4. The number of carbonyl (C=O) groups is 1. The molecule has 0 aliphatic heterocycles. The highest BCUT2D eigenvalue weighted by molar-refractivity contribution is 6.33. The highest BCUT2D eigenvalue weighted by atomic mass is 35.5. The number of nitrogens with zero attached hydrogens (tertiary/aromatic N) is 2. The van der Waals surface area contributed by atoms with Gasteiger partial charge < -0.3 is 5.73 Å². The molecular weight excluding hydrogens is 214 g/mol. The molecule has 0 saturated heterocycles. The third-order valence-electron chi connectivity index (χ3n) is 2.33. The lowest BCUT2D eigenvalue weighted by molar-refractivity contribution is 0.0947. The van der Waals surface area contributed by atoms with Gasteiger partial charge in [-0.15, -0.1) is 0 Å². The van der Waals surface area contributed by atoms with Crippen molar-refractivity contribution in [3.05, 3.63) is 16.9 Å². The van der Waals surface area contributed by atoms with Crippen LogP contribution in [0.3, 0.4) is 0 Å². The van der Waals surface area contributed by atoms with Crippen molar-refractivity contribution < 1.29 is 4.79 Å². The minimum atomic E-state index is -0.474. The van der Waals surface area contributed by atoms with Gasteiger partial charge in [0.1, 0.15) is 5.69 Å². The fourth-order valence-electron chi connectivity index (χ4n) is 1.42. The molecule has 1 unspecified atom stereocenters. The van der Waals surface area contributed by atoms with Crippen LogP contribution >= 0.6 is 11.6 Å². The summed E-state index contributed by atoms with van der Waals surface area (Å²) in [7, 11) is 1.69. The highest BCUT2D eigenvalue weighted by Gasteiger charge is 2.21. The fraction of sp³-hybridized carbons (Fsp3) is 0.600. The Kier molecular flexibility index (Phi) is 4.29. The summed E-state index contributed by atoms with van der Waals surface area (Å²) in [5.41, 5.74) is 6.19. The summed E-state index contributed by atoms with van der Waals surface area (Å²) in [6.45, 7) is 2.06. The molecule has 15 heavy (non-hydrogen) atoms. The van der Waals surface area contributed by atoms with Gasteiger partial charge in [0.05, 0.1) is 17.3 Å². The molecular formula is C10H16ClN3O. The Morgan fingerprint density at radius 2 is 2.40 bits per heavy atom. The number of unbranched alkanes of at least 4 members (excludes halogenated alkanes) is 1. The van der Waals surface area contributed by atoms with E-state index in [-0.39, 0.29) is 5.78 Å². The number of carbonyl (C=O) groups excluding carboxylic acids is 1. The number of hydrogen-bond donors (Lipinski definition) is 1. The van der Waals surface area contributed by atoms with E-state index in [9.17, 15) is 4.79 Å². The average molecular weight is 230 g/mol. The normalized spacial score (nSPS) is 12.8. The smallest absolute Gasteiger partial charge is 0.198 e. The molecule has 2 N–H and O–H groups in total. The zero-order valence-corrected chi connectivity index (χ0v) is 9.79. The van der Waals surface area contributed by atoms with Crippen molar-refractivity contribution in [3.8, 4) is 0 Å². The topological polar surface area (TPSA) is 60.9 Å². The molecule has 0 aliphatic rings. The summed E-state index contributed by atoms with van der Waals surface area (Å²) in [4.78, 5) is 11.9. The lowest BCUT2D eigenvalue weighted by atomic mass is 10.0. The maximum Gasteiger partial charge on any atom is 0.198 e. The first-order valence-corrected chi connectivity index (χ1v) is 5.43. The first-order chi connectivity index (χ1) is 7.07. The van der Waals surface area contributed by atoms with Gasteiger partial charge >= 0.3 is 0 Å². The van der Waals surface area contributed by atoms with Gasteiger partial charge in [0, 0.05) is 7.05 Å². The molecule has 1 rings (SSSR count). The van der Waals surface area contributed by atoms with E-state index in [1.165, 1.54) is 10.9 Å². The largest absolute Gasteiger partial charge is 0.321 e. The second-order valence-corrected chi connectivity index (χ2v) is 3.98. The molecule has 0 aliphatic carbocycles. The number of ketones is 1. The Bertz CT molecular complexity index is 329. The Hall–Kier alpha value is -0.870. The molecule has 0 saturated carbocycles. The maximum absolute atomic E-state index is 11.9. The van der Waals surface area contributed by atoms with Crippen LogP contribution in [0.2, 0.25) is 5.02 Å². The van der Waals surface area contributed by atoms with Gasteiger partial charge in [0.2, 0.25) is 0 Å². The SMILES string of the molecule is CCCCC(N)C(=O)c1c(Cl)cnn1C. The minimum Gasteiger partial charge on any atom is -0.321 e. The molecule has 5 heteroatoms. The molecule has 0 amide bonds. The second-order valence-electron chi connectivity index (χ2n) is 3.58. The van der Waals surface area contributed by atoms with Crippen molar-refractivity contribution >= 4 is 17.4 Å². The van der Waals surface area contributed by atoms with Crippen LogP contribution in [-0.4, -0.2) is 21.6 Å². The van der Waals surface area contributed by atoms with Crippen LogP contribution in [0.25, 0.3) is 0 Å². The summed E-state index contributed by atoms with van der Waals surface area (Å²) in [6.07, 6.45) is 4.13. The monoisotopic (exact) mass is 229 g/mol. The van der Waals surface area contributed by atoms with E-state index in [1.807, 2.05) is 0 Å². The third-order valence-corrected chi connectivity index (χ3v) is 2.61. The van der Waals surface area contributed by atoms with E-state index in [1.54, 1.807) is 7.05 Å². The van der Waals surface area contributed by atoms with Crippen LogP contribution in [0.15, 0.2) is 6.20 Å². The van der Waals surface area contributed by atoms with E-state index >= 15 is 0 Å². The van der Waals surface area contributed by atoms with Crippen LogP contribution in [0.5, 0.6) is 0 Å². The number of Topliss-reactive ketones (excluding diaryl/α,β-unsaturated/α-hetero) is 1. The van der Waals surface area contributed by atoms with Crippen LogP contribution in [0.1, 0.15) is 36.7 Å². The van der Waals surface area contributed by atoms with Gasteiger partial charge in [-0.2, -0.15) is 5.10 Å². The molecule has 0 bridgehead atoms. The van der Waals surface area contributed by atoms with Crippen molar-refractivity contribution in [3.63, 3.8) is 0 Å². The number of hydrogen-bond acceptors (Lipinski definition) is 3. The average Bonchev–Trinajstić information content (AvgIpc) is 2.54. The van der Waals surface area contributed by atoms with E-state index in [0.29, 0.717) is 17.1 Å². The number of aromatic nitrogens is 2. The lowest BCUT2D eigenvalue weighted by Crippen LogP contribution is -2.32.